The molecule has 1 amide bonds. The molecule has 1 saturated carbocycles. The van der Waals surface area contributed by atoms with Crippen LogP contribution >= 0.6 is 0 Å². The number of hydroxylamine groups is 1. The van der Waals surface area contributed by atoms with Crippen molar-refractivity contribution in [2.24, 2.45) is 11.1 Å². The topological polar surface area (TPSA) is 103 Å². The summed E-state index contributed by atoms with van der Waals surface area (Å²) in [7, 11) is -3.85. The van der Waals surface area contributed by atoms with Crippen molar-refractivity contribution in [3.63, 3.8) is 0 Å². The van der Waals surface area contributed by atoms with E-state index in [0.717, 1.165) is 31.9 Å². The number of halogens is 1. The van der Waals surface area contributed by atoms with Crippen LogP contribution in [0, 0.1) is 23.6 Å². The van der Waals surface area contributed by atoms with Crippen molar-refractivity contribution < 1.29 is 32.0 Å². The van der Waals surface area contributed by atoms with Gasteiger partial charge in [0.05, 0.1) is 11.3 Å². The number of ether oxygens (including phenoxy) is 1. The maximum absolute atomic E-state index is 14.5. The second kappa shape index (κ2) is 10.0. The Morgan fingerprint density at radius 1 is 1.32 bits per heavy atom. The number of oxime groups is 1. The first-order chi connectivity index (χ1) is 16.2. The van der Waals surface area contributed by atoms with Gasteiger partial charge in [0.1, 0.15) is 11.9 Å². The van der Waals surface area contributed by atoms with Crippen molar-refractivity contribution in [3.8, 4) is 11.8 Å². The predicted octanol–water partition coefficient (Wildman–Crippen LogP) is 2.85. The lowest BCUT2D eigenvalue weighted by Crippen LogP contribution is -2.52. The summed E-state index contributed by atoms with van der Waals surface area (Å²) in [5.41, 5.74) is 3.59. The fraction of sp³-hybridized carbons (Fsp3) is 0.583. The molecule has 1 aliphatic carbocycles. The third kappa shape index (κ3) is 5.77. The molecule has 1 aromatic carbocycles. The highest BCUT2D eigenvalue weighted by Crippen LogP contribution is 2.30. The minimum absolute atomic E-state index is 0.146. The van der Waals surface area contributed by atoms with Crippen LogP contribution in [0.3, 0.4) is 0 Å². The molecule has 184 valence electrons. The normalized spacial score (nSPS) is 24.3. The SMILES string of the molecule is CC(CC1CC(c2ccc(C#CC3CC3)c(F)c2)=NO1)(C(=O)NOC1CCCCO1)S(C)(=O)=O. The van der Waals surface area contributed by atoms with Gasteiger partial charge in [0.15, 0.2) is 20.9 Å². The van der Waals surface area contributed by atoms with E-state index < -0.39 is 38.7 Å². The van der Waals surface area contributed by atoms with Crippen LogP contribution in [0.4, 0.5) is 4.39 Å². The Bertz CT molecular complexity index is 1130. The molecule has 34 heavy (non-hydrogen) atoms. The highest BCUT2D eigenvalue weighted by molar-refractivity contribution is 7.92. The van der Waals surface area contributed by atoms with Crippen molar-refractivity contribution in [1.29, 1.82) is 0 Å². The zero-order chi connectivity index (χ0) is 24.3. The molecule has 1 saturated heterocycles. The molecule has 3 aliphatic rings. The summed E-state index contributed by atoms with van der Waals surface area (Å²) in [6, 6.07) is 4.67. The minimum Gasteiger partial charge on any atom is -0.392 e. The van der Waals surface area contributed by atoms with E-state index in [-0.39, 0.29) is 12.8 Å². The molecule has 2 fully saturated rings. The maximum Gasteiger partial charge on any atom is 0.264 e. The molecule has 3 unspecified atom stereocenters. The molecule has 0 bridgehead atoms. The Labute approximate surface area is 199 Å². The molecule has 1 N–H and O–H groups in total. The largest absolute Gasteiger partial charge is 0.392 e. The van der Waals surface area contributed by atoms with E-state index in [2.05, 4.69) is 22.5 Å². The summed E-state index contributed by atoms with van der Waals surface area (Å²) in [5, 5.41) is 4.02. The van der Waals surface area contributed by atoms with E-state index >= 15 is 0 Å². The first kappa shape index (κ1) is 24.6. The number of nitrogens with zero attached hydrogens (tertiary/aromatic N) is 1. The molecule has 1 aromatic rings. The number of carbonyl (C=O) groups is 1. The van der Waals surface area contributed by atoms with E-state index in [4.69, 9.17) is 14.4 Å². The van der Waals surface area contributed by atoms with E-state index in [9.17, 15) is 17.6 Å². The van der Waals surface area contributed by atoms with Crippen molar-refractivity contribution in [3.05, 3.63) is 35.1 Å². The fourth-order valence-corrected chi connectivity index (χ4v) is 4.66. The van der Waals surface area contributed by atoms with Gasteiger partial charge in [-0.3, -0.25) is 4.79 Å². The number of nitrogens with one attached hydrogen (secondary N) is 1. The van der Waals surface area contributed by atoms with Crippen LogP contribution < -0.4 is 5.48 Å². The monoisotopic (exact) mass is 492 g/mol. The summed E-state index contributed by atoms with van der Waals surface area (Å²) in [4.78, 5) is 23.6. The summed E-state index contributed by atoms with van der Waals surface area (Å²) >= 11 is 0. The van der Waals surface area contributed by atoms with Gasteiger partial charge in [-0.15, -0.1) is 0 Å². The number of hydrogen-bond acceptors (Lipinski definition) is 7. The van der Waals surface area contributed by atoms with E-state index in [1.807, 2.05) is 0 Å². The van der Waals surface area contributed by atoms with Crippen LogP contribution in [-0.4, -0.2) is 50.0 Å². The number of rotatable bonds is 7. The minimum atomic E-state index is -3.85. The first-order valence-corrected chi connectivity index (χ1v) is 13.4. The van der Waals surface area contributed by atoms with Crippen LogP contribution in [0.2, 0.25) is 0 Å². The van der Waals surface area contributed by atoms with Crippen molar-refractivity contribution in [1.82, 2.24) is 5.48 Å². The Kier molecular flexibility index (Phi) is 7.26. The van der Waals surface area contributed by atoms with Crippen LogP contribution in [0.5, 0.6) is 0 Å². The van der Waals surface area contributed by atoms with Gasteiger partial charge >= 0.3 is 0 Å². The molecule has 2 heterocycles. The molecular weight excluding hydrogens is 463 g/mol. The number of hydrogen-bond donors (Lipinski definition) is 1. The Morgan fingerprint density at radius 3 is 2.76 bits per heavy atom. The molecule has 0 radical (unpaired) electrons. The van der Waals surface area contributed by atoms with E-state index in [1.165, 1.54) is 13.0 Å². The standard InChI is InChI=1S/C24H29FN2O6S/c1-24(34(2,29)30,23(28)27-33-22-5-3-4-12-31-22)15-19-14-21(26-32-19)18-11-10-17(20(25)13-18)9-8-16-6-7-16/h10-11,13,16,19,22H,3-7,12,14-15H2,1-2H3,(H,27,28). The van der Waals surface area contributed by atoms with Crippen LogP contribution in [0.15, 0.2) is 23.4 Å². The molecule has 2 aliphatic heterocycles. The molecule has 0 spiro atoms. The smallest absolute Gasteiger partial charge is 0.264 e. The van der Waals surface area contributed by atoms with Gasteiger partial charge in [-0.25, -0.2) is 23.1 Å². The molecule has 4 rings (SSSR count). The summed E-state index contributed by atoms with van der Waals surface area (Å²) in [6.07, 6.45) is 4.35. The Balaban J connectivity index is 1.39. The van der Waals surface area contributed by atoms with Crippen molar-refractivity contribution in [2.45, 2.75) is 69.0 Å². The third-order valence-corrected chi connectivity index (χ3v) is 8.35. The summed E-state index contributed by atoms with van der Waals surface area (Å²) < 4.78 is 43.2. The Hall–Kier alpha value is -2.48. The van der Waals surface area contributed by atoms with Gasteiger partial charge in [0, 0.05) is 43.6 Å². The van der Waals surface area contributed by atoms with Crippen molar-refractivity contribution in [2.75, 3.05) is 12.9 Å². The summed E-state index contributed by atoms with van der Waals surface area (Å²) in [6.45, 7) is 1.85. The zero-order valence-electron chi connectivity index (χ0n) is 19.3. The maximum atomic E-state index is 14.5. The first-order valence-electron chi connectivity index (χ1n) is 11.5. The third-order valence-electron chi connectivity index (χ3n) is 6.36. The highest BCUT2D eigenvalue weighted by Gasteiger charge is 2.47. The van der Waals surface area contributed by atoms with E-state index in [0.29, 0.717) is 35.8 Å². The number of amides is 1. The molecule has 10 heteroatoms. The second-order valence-electron chi connectivity index (χ2n) is 9.26. The lowest BCUT2D eigenvalue weighted by Gasteiger charge is -2.29. The van der Waals surface area contributed by atoms with Gasteiger partial charge in [0.25, 0.3) is 5.91 Å². The highest BCUT2D eigenvalue weighted by atomic mass is 32.2. The fourth-order valence-electron chi connectivity index (χ4n) is 3.79. The average Bonchev–Trinajstić information content (AvgIpc) is 3.52. The number of benzene rings is 1. The molecule has 0 aromatic heterocycles. The predicted molar refractivity (Wildman–Crippen MR) is 123 cm³/mol. The van der Waals surface area contributed by atoms with Gasteiger partial charge in [-0.1, -0.05) is 23.1 Å². The van der Waals surface area contributed by atoms with Crippen molar-refractivity contribution >= 4 is 21.5 Å². The lowest BCUT2D eigenvalue weighted by molar-refractivity contribution is -0.201. The zero-order valence-corrected chi connectivity index (χ0v) is 20.1. The van der Waals surface area contributed by atoms with E-state index in [1.54, 1.807) is 12.1 Å². The number of sulfone groups is 1. The number of carbonyl (C=O) groups excluding carboxylic acids is 1. The van der Waals surface area contributed by atoms with Crippen LogP contribution in [0.25, 0.3) is 0 Å². The Morgan fingerprint density at radius 2 is 2.12 bits per heavy atom. The summed E-state index contributed by atoms with van der Waals surface area (Å²) in [5.74, 6) is 5.03. The van der Waals surface area contributed by atoms with Gasteiger partial charge in [-0.2, -0.15) is 0 Å². The quantitative estimate of drug-likeness (QED) is 0.464. The molecular formula is C24H29FN2O6S. The van der Waals surface area contributed by atoms with Gasteiger partial charge in [0.2, 0.25) is 0 Å². The molecule has 8 nitrogen and oxygen atoms in total. The van der Waals surface area contributed by atoms with Crippen LogP contribution in [-0.2, 0) is 29.0 Å². The second-order valence-corrected chi connectivity index (χ2v) is 11.7. The average molecular weight is 493 g/mol. The molecule has 3 atom stereocenters. The van der Waals surface area contributed by atoms with Gasteiger partial charge in [-0.05, 0) is 44.7 Å². The van der Waals surface area contributed by atoms with Gasteiger partial charge < -0.3 is 9.57 Å². The lowest BCUT2D eigenvalue weighted by atomic mass is 9.96. The van der Waals surface area contributed by atoms with Crippen LogP contribution in [0.1, 0.15) is 63.0 Å².